The first-order chi connectivity index (χ1) is 8.16. The molecule has 0 radical (unpaired) electrons. The number of aryl methyl sites for hydroxylation is 1. The summed E-state index contributed by atoms with van der Waals surface area (Å²) in [4.78, 5) is 0. The minimum Gasteiger partial charge on any atom is -0.377 e. The van der Waals surface area contributed by atoms with Gasteiger partial charge in [-0.1, -0.05) is 24.3 Å². The van der Waals surface area contributed by atoms with Crippen molar-refractivity contribution in [3.05, 3.63) is 35.4 Å². The van der Waals surface area contributed by atoms with Gasteiger partial charge in [0.05, 0.1) is 12.7 Å². The molecule has 0 aliphatic heterocycles. The molecule has 2 heteroatoms. The lowest BCUT2D eigenvalue weighted by Crippen LogP contribution is -2.38. The Labute approximate surface area is 104 Å². The maximum absolute atomic E-state index is 6.23. The van der Waals surface area contributed by atoms with E-state index < -0.39 is 0 Å². The van der Waals surface area contributed by atoms with E-state index in [1.807, 2.05) is 0 Å². The van der Waals surface area contributed by atoms with Gasteiger partial charge in [0.1, 0.15) is 0 Å². The summed E-state index contributed by atoms with van der Waals surface area (Å²) in [6.07, 6.45) is 3.74. The number of nitrogens with two attached hydrogens (primary N) is 1. The van der Waals surface area contributed by atoms with Gasteiger partial charge in [-0.05, 0) is 50.2 Å². The van der Waals surface area contributed by atoms with Crippen LogP contribution >= 0.6 is 0 Å². The van der Waals surface area contributed by atoms with Crippen molar-refractivity contribution < 1.29 is 4.74 Å². The summed E-state index contributed by atoms with van der Waals surface area (Å²) >= 11 is 0. The van der Waals surface area contributed by atoms with Gasteiger partial charge in [-0.15, -0.1) is 0 Å². The third kappa shape index (κ3) is 3.30. The highest BCUT2D eigenvalue weighted by atomic mass is 16.5. The van der Waals surface area contributed by atoms with Crippen molar-refractivity contribution in [2.24, 2.45) is 11.7 Å². The fourth-order valence-corrected chi connectivity index (χ4v) is 2.53. The van der Waals surface area contributed by atoms with Gasteiger partial charge in [0, 0.05) is 6.04 Å². The summed E-state index contributed by atoms with van der Waals surface area (Å²) in [5.41, 5.74) is 9.21. The topological polar surface area (TPSA) is 35.2 Å². The molecule has 2 N–H and O–H groups in total. The molecule has 1 aliphatic carbocycles. The predicted molar refractivity (Wildman–Crippen MR) is 71.0 cm³/mol. The van der Waals surface area contributed by atoms with Crippen LogP contribution in [0.1, 0.15) is 31.4 Å². The van der Waals surface area contributed by atoms with Crippen LogP contribution in [0.15, 0.2) is 24.3 Å². The Balaban J connectivity index is 1.93. The average Bonchev–Trinajstić information content (AvgIpc) is 2.35. The minimum atomic E-state index is 0.172. The molecule has 0 bridgehead atoms. The van der Waals surface area contributed by atoms with Crippen LogP contribution in [0.4, 0.5) is 0 Å². The molecule has 0 aromatic heterocycles. The van der Waals surface area contributed by atoms with Gasteiger partial charge in [-0.25, -0.2) is 0 Å². The second kappa shape index (κ2) is 5.65. The predicted octanol–water partition coefficient (Wildman–Crippen LogP) is 2.54. The monoisotopic (exact) mass is 233 g/mol. The molecule has 0 spiro atoms. The molecule has 0 amide bonds. The van der Waals surface area contributed by atoms with Crippen LogP contribution in [0.25, 0.3) is 0 Å². The quantitative estimate of drug-likeness (QED) is 0.867. The van der Waals surface area contributed by atoms with E-state index in [1.165, 1.54) is 17.5 Å². The van der Waals surface area contributed by atoms with Gasteiger partial charge in [0.15, 0.2) is 0 Å². The third-order valence-electron chi connectivity index (χ3n) is 3.61. The van der Waals surface area contributed by atoms with Gasteiger partial charge >= 0.3 is 0 Å². The first kappa shape index (κ1) is 12.6. The summed E-state index contributed by atoms with van der Waals surface area (Å²) in [5.74, 6) is 0.573. The number of hydrogen-bond acceptors (Lipinski definition) is 2. The summed E-state index contributed by atoms with van der Waals surface area (Å²) in [6.45, 7) is 4.80. The summed E-state index contributed by atoms with van der Waals surface area (Å²) in [7, 11) is 0. The first-order valence-corrected chi connectivity index (χ1v) is 6.60. The molecule has 2 atom stereocenters. The highest BCUT2D eigenvalue weighted by Gasteiger charge is 2.23. The lowest BCUT2D eigenvalue weighted by molar-refractivity contribution is 0.0555. The number of benzene rings is 1. The molecule has 0 fully saturated rings. The molecule has 2 rings (SSSR count). The lowest BCUT2D eigenvalue weighted by atomic mass is 9.80. The number of rotatable bonds is 4. The van der Waals surface area contributed by atoms with Crippen LogP contribution in [0.2, 0.25) is 0 Å². The molecule has 2 unspecified atom stereocenters. The van der Waals surface area contributed by atoms with E-state index >= 15 is 0 Å². The van der Waals surface area contributed by atoms with Crippen LogP contribution in [0.5, 0.6) is 0 Å². The molecular weight excluding hydrogens is 210 g/mol. The SMILES string of the molecule is CC(C)OCC(N)C1CCc2ccccc2C1. The number of fused-ring (bicyclic) bond motifs is 1. The normalized spacial score (nSPS) is 21.3. The van der Waals surface area contributed by atoms with Gasteiger partial charge in [-0.2, -0.15) is 0 Å². The first-order valence-electron chi connectivity index (χ1n) is 6.60. The van der Waals surface area contributed by atoms with E-state index in [9.17, 15) is 0 Å². The molecule has 1 aromatic rings. The van der Waals surface area contributed by atoms with Crippen molar-refractivity contribution in [2.45, 2.75) is 45.3 Å². The highest BCUT2D eigenvalue weighted by molar-refractivity contribution is 5.29. The second-order valence-corrected chi connectivity index (χ2v) is 5.32. The van der Waals surface area contributed by atoms with E-state index in [4.69, 9.17) is 10.5 Å². The lowest BCUT2D eigenvalue weighted by Gasteiger charge is -2.29. The van der Waals surface area contributed by atoms with Crippen molar-refractivity contribution >= 4 is 0 Å². The van der Waals surface area contributed by atoms with Crippen molar-refractivity contribution in [1.82, 2.24) is 0 Å². The van der Waals surface area contributed by atoms with Gasteiger partial charge in [-0.3, -0.25) is 0 Å². The summed E-state index contributed by atoms with van der Waals surface area (Å²) < 4.78 is 5.62. The molecular formula is C15H23NO. The van der Waals surface area contributed by atoms with Crippen molar-refractivity contribution in [1.29, 1.82) is 0 Å². The molecule has 1 aliphatic rings. The molecule has 0 saturated carbocycles. The Kier molecular flexibility index (Phi) is 4.19. The highest BCUT2D eigenvalue weighted by Crippen LogP contribution is 2.27. The van der Waals surface area contributed by atoms with E-state index in [1.54, 1.807) is 0 Å². The van der Waals surface area contributed by atoms with E-state index in [2.05, 4.69) is 38.1 Å². The van der Waals surface area contributed by atoms with Crippen molar-refractivity contribution in [3.63, 3.8) is 0 Å². The summed E-state index contributed by atoms with van der Waals surface area (Å²) in [6, 6.07) is 8.89. The minimum absolute atomic E-state index is 0.172. The van der Waals surface area contributed by atoms with Crippen molar-refractivity contribution in [2.75, 3.05) is 6.61 Å². The fraction of sp³-hybridized carbons (Fsp3) is 0.600. The Morgan fingerprint density at radius 3 is 2.71 bits per heavy atom. The molecule has 0 heterocycles. The van der Waals surface area contributed by atoms with Crippen LogP contribution in [-0.4, -0.2) is 18.8 Å². The second-order valence-electron chi connectivity index (χ2n) is 5.32. The molecule has 17 heavy (non-hydrogen) atoms. The average molecular weight is 233 g/mol. The van der Waals surface area contributed by atoms with Crippen LogP contribution in [0.3, 0.4) is 0 Å². The zero-order valence-electron chi connectivity index (χ0n) is 10.9. The Bertz CT molecular complexity index is 362. The molecule has 94 valence electrons. The zero-order valence-corrected chi connectivity index (χ0v) is 10.9. The summed E-state index contributed by atoms with van der Waals surface area (Å²) in [5, 5.41) is 0. The fourth-order valence-electron chi connectivity index (χ4n) is 2.53. The smallest absolute Gasteiger partial charge is 0.0623 e. The number of ether oxygens (including phenoxy) is 1. The van der Waals surface area contributed by atoms with E-state index in [-0.39, 0.29) is 12.1 Å². The standard InChI is InChI=1S/C15H23NO/c1-11(2)17-10-15(16)14-8-7-12-5-3-4-6-13(12)9-14/h3-6,11,14-15H,7-10,16H2,1-2H3. The molecule has 1 aromatic carbocycles. The molecule has 0 saturated heterocycles. The zero-order chi connectivity index (χ0) is 12.3. The van der Waals surface area contributed by atoms with Gasteiger partial charge in [0.25, 0.3) is 0 Å². The molecule has 2 nitrogen and oxygen atoms in total. The third-order valence-corrected chi connectivity index (χ3v) is 3.61. The largest absolute Gasteiger partial charge is 0.377 e. The van der Waals surface area contributed by atoms with Crippen LogP contribution < -0.4 is 5.73 Å². The van der Waals surface area contributed by atoms with Gasteiger partial charge < -0.3 is 10.5 Å². The van der Waals surface area contributed by atoms with Gasteiger partial charge in [0.2, 0.25) is 0 Å². The maximum Gasteiger partial charge on any atom is 0.0623 e. The van der Waals surface area contributed by atoms with Crippen LogP contribution in [-0.2, 0) is 17.6 Å². The van der Waals surface area contributed by atoms with Crippen LogP contribution in [0, 0.1) is 5.92 Å². The Morgan fingerprint density at radius 2 is 2.00 bits per heavy atom. The van der Waals surface area contributed by atoms with E-state index in [0.717, 1.165) is 12.8 Å². The Morgan fingerprint density at radius 1 is 1.29 bits per heavy atom. The van der Waals surface area contributed by atoms with E-state index in [0.29, 0.717) is 12.5 Å². The number of hydrogen-bond donors (Lipinski definition) is 1. The maximum atomic E-state index is 6.23. The van der Waals surface area contributed by atoms with Crippen molar-refractivity contribution in [3.8, 4) is 0 Å². The Hall–Kier alpha value is -0.860.